The summed E-state index contributed by atoms with van der Waals surface area (Å²) in [6, 6.07) is 0. The highest BCUT2D eigenvalue weighted by atomic mass is 32.1. The smallest absolute Gasteiger partial charge is 0.111 e. The average molecular weight is 168 g/mol. The number of thiol groups is 1. The summed E-state index contributed by atoms with van der Waals surface area (Å²) in [5.41, 5.74) is 1.01. The third-order valence-corrected chi connectivity index (χ3v) is 1.32. The first-order valence-corrected chi connectivity index (χ1v) is 3.66. The molecule has 0 spiro atoms. The van der Waals surface area contributed by atoms with Gasteiger partial charge in [-0.25, -0.2) is 0 Å². The standard InChI is InChI=1S/C9H12OS/c1-4-5-8(2)6-7-9(3)10-11/h6-7,11H,1-3H3/b8-6+,9-7-. The predicted molar refractivity (Wildman–Crippen MR) is 51.0 cm³/mol. The minimum absolute atomic E-state index is 0.755. The van der Waals surface area contributed by atoms with Gasteiger partial charge in [0.1, 0.15) is 5.76 Å². The highest BCUT2D eigenvalue weighted by molar-refractivity contribution is 7.75. The number of hydrogen-bond donors (Lipinski definition) is 1. The molecule has 0 saturated heterocycles. The molecule has 0 aliphatic rings. The molecule has 0 N–H and O–H groups in total. The van der Waals surface area contributed by atoms with Gasteiger partial charge in [0.2, 0.25) is 0 Å². The van der Waals surface area contributed by atoms with Gasteiger partial charge in [-0.15, -0.1) is 5.92 Å². The van der Waals surface area contributed by atoms with Crippen LogP contribution in [0.5, 0.6) is 0 Å². The second kappa shape index (κ2) is 5.94. The van der Waals surface area contributed by atoms with E-state index in [0.717, 1.165) is 11.3 Å². The van der Waals surface area contributed by atoms with Crippen LogP contribution in [0, 0.1) is 11.8 Å². The van der Waals surface area contributed by atoms with Crippen LogP contribution in [0.1, 0.15) is 20.8 Å². The first-order chi connectivity index (χ1) is 5.20. The van der Waals surface area contributed by atoms with Crippen molar-refractivity contribution in [2.75, 3.05) is 0 Å². The van der Waals surface area contributed by atoms with E-state index in [0.29, 0.717) is 0 Å². The number of allylic oxidation sites excluding steroid dienone is 4. The van der Waals surface area contributed by atoms with Crippen LogP contribution in [0.15, 0.2) is 23.5 Å². The lowest BCUT2D eigenvalue weighted by molar-refractivity contribution is 0.512. The molecule has 0 aromatic heterocycles. The van der Waals surface area contributed by atoms with Crippen molar-refractivity contribution in [1.29, 1.82) is 0 Å². The molecule has 1 nitrogen and oxygen atoms in total. The Kier molecular flexibility index (Phi) is 5.50. The normalized spacial score (nSPS) is 12.0. The summed E-state index contributed by atoms with van der Waals surface area (Å²) >= 11 is 3.64. The molecule has 0 aromatic carbocycles. The Bertz CT molecular complexity index is 228. The summed E-state index contributed by atoms with van der Waals surface area (Å²) in [4.78, 5) is 0. The molecule has 0 aromatic rings. The van der Waals surface area contributed by atoms with Gasteiger partial charge in [0.15, 0.2) is 0 Å². The molecule has 0 saturated carbocycles. The van der Waals surface area contributed by atoms with Crippen molar-refractivity contribution < 1.29 is 4.18 Å². The number of hydrogen-bond acceptors (Lipinski definition) is 2. The molecular weight excluding hydrogens is 156 g/mol. The molecular formula is C9H12OS. The third kappa shape index (κ3) is 5.63. The van der Waals surface area contributed by atoms with E-state index < -0.39 is 0 Å². The van der Waals surface area contributed by atoms with Crippen molar-refractivity contribution in [1.82, 2.24) is 0 Å². The second-order valence-corrected chi connectivity index (χ2v) is 2.28. The maximum Gasteiger partial charge on any atom is 0.111 e. The Labute approximate surface area is 73.8 Å². The van der Waals surface area contributed by atoms with Gasteiger partial charge in [-0.3, -0.25) is 0 Å². The zero-order chi connectivity index (χ0) is 8.69. The summed E-state index contributed by atoms with van der Waals surface area (Å²) in [5, 5.41) is 0. The van der Waals surface area contributed by atoms with Gasteiger partial charge in [-0.05, 0) is 38.5 Å². The molecule has 0 amide bonds. The predicted octanol–water partition coefficient (Wildman–Crippen LogP) is 2.72. The molecule has 0 rings (SSSR count). The molecule has 0 aliphatic heterocycles. The zero-order valence-electron chi connectivity index (χ0n) is 7.01. The molecule has 0 bridgehead atoms. The first-order valence-electron chi connectivity index (χ1n) is 3.30. The van der Waals surface area contributed by atoms with Crippen LogP contribution in [0.25, 0.3) is 0 Å². The van der Waals surface area contributed by atoms with Crippen molar-refractivity contribution in [2.24, 2.45) is 0 Å². The van der Waals surface area contributed by atoms with Gasteiger partial charge in [0.25, 0.3) is 0 Å². The minimum Gasteiger partial charge on any atom is -0.434 e. The van der Waals surface area contributed by atoms with E-state index in [2.05, 4.69) is 28.9 Å². The molecule has 0 atom stereocenters. The lowest BCUT2D eigenvalue weighted by atomic mass is 10.3. The largest absolute Gasteiger partial charge is 0.434 e. The Balaban J connectivity index is 4.18. The maximum atomic E-state index is 4.64. The second-order valence-electron chi connectivity index (χ2n) is 2.09. The van der Waals surface area contributed by atoms with Crippen LogP contribution >= 0.6 is 12.9 Å². The van der Waals surface area contributed by atoms with Crippen LogP contribution in [-0.2, 0) is 4.18 Å². The van der Waals surface area contributed by atoms with Crippen molar-refractivity contribution in [2.45, 2.75) is 20.8 Å². The molecule has 0 heterocycles. The van der Waals surface area contributed by atoms with Crippen LogP contribution in [0.2, 0.25) is 0 Å². The molecule has 0 unspecified atom stereocenters. The van der Waals surface area contributed by atoms with E-state index in [1.165, 1.54) is 0 Å². The van der Waals surface area contributed by atoms with Gasteiger partial charge in [-0.2, -0.15) is 0 Å². The van der Waals surface area contributed by atoms with E-state index in [4.69, 9.17) is 0 Å². The fraction of sp³-hybridized carbons (Fsp3) is 0.333. The highest BCUT2D eigenvalue weighted by Gasteiger charge is 1.81. The highest BCUT2D eigenvalue weighted by Crippen LogP contribution is 1.99. The van der Waals surface area contributed by atoms with Gasteiger partial charge in [0, 0.05) is 12.9 Å². The molecule has 60 valence electrons. The third-order valence-electron chi connectivity index (χ3n) is 1.03. The average Bonchev–Trinajstić information content (AvgIpc) is 2.01. The minimum atomic E-state index is 0.755. The van der Waals surface area contributed by atoms with Crippen molar-refractivity contribution >= 4 is 12.9 Å². The summed E-state index contributed by atoms with van der Waals surface area (Å²) in [6.07, 6.45) is 3.72. The molecule has 0 fully saturated rings. The van der Waals surface area contributed by atoms with Crippen LogP contribution in [0.3, 0.4) is 0 Å². The Morgan fingerprint density at radius 1 is 1.36 bits per heavy atom. The van der Waals surface area contributed by atoms with Gasteiger partial charge < -0.3 is 4.18 Å². The van der Waals surface area contributed by atoms with Gasteiger partial charge in [0.05, 0.1) is 0 Å². The van der Waals surface area contributed by atoms with E-state index in [1.54, 1.807) is 0 Å². The lowest BCUT2D eigenvalue weighted by Crippen LogP contribution is -1.72. The summed E-state index contributed by atoms with van der Waals surface area (Å²) in [5.74, 6) is 6.47. The fourth-order valence-corrected chi connectivity index (χ4v) is 0.572. The summed E-state index contributed by atoms with van der Waals surface area (Å²) in [7, 11) is 0. The first kappa shape index (κ1) is 10.2. The number of rotatable bonds is 2. The SMILES string of the molecule is CC#C/C(C)=C/C=C(/C)OS. The van der Waals surface area contributed by atoms with E-state index in [1.807, 2.05) is 32.9 Å². The monoisotopic (exact) mass is 168 g/mol. The summed E-state index contributed by atoms with van der Waals surface area (Å²) < 4.78 is 4.64. The Morgan fingerprint density at radius 2 is 2.00 bits per heavy atom. The molecule has 2 heteroatoms. The molecule has 11 heavy (non-hydrogen) atoms. The van der Waals surface area contributed by atoms with Crippen molar-refractivity contribution in [3.63, 3.8) is 0 Å². The lowest BCUT2D eigenvalue weighted by Gasteiger charge is -1.91. The topological polar surface area (TPSA) is 9.23 Å². The molecule has 0 radical (unpaired) electrons. The van der Waals surface area contributed by atoms with Crippen LogP contribution < -0.4 is 0 Å². The van der Waals surface area contributed by atoms with E-state index in [-0.39, 0.29) is 0 Å². The van der Waals surface area contributed by atoms with Crippen LogP contribution in [0.4, 0.5) is 0 Å². The van der Waals surface area contributed by atoms with Gasteiger partial charge in [-0.1, -0.05) is 5.92 Å². The van der Waals surface area contributed by atoms with Crippen LogP contribution in [-0.4, -0.2) is 0 Å². The van der Waals surface area contributed by atoms with E-state index in [9.17, 15) is 0 Å². The molecule has 0 aliphatic carbocycles. The maximum absolute atomic E-state index is 4.64. The van der Waals surface area contributed by atoms with Crippen molar-refractivity contribution in [3.8, 4) is 11.8 Å². The summed E-state index contributed by atoms with van der Waals surface area (Å²) in [6.45, 7) is 5.58. The quantitative estimate of drug-likeness (QED) is 0.219. The Hall–Kier alpha value is -0.810. The Morgan fingerprint density at radius 3 is 2.45 bits per heavy atom. The van der Waals surface area contributed by atoms with Crippen molar-refractivity contribution in [3.05, 3.63) is 23.5 Å². The van der Waals surface area contributed by atoms with Gasteiger partial charge >= 0.3 is 0 Å². The fourth-order valence-electron chi connectivity index (χ4n) is 0.512. The zero-order valence-corrected chi connectivity index (χ0v) is 7.90. The van der Waals surface area contributed by atoms with E-state index >= 15 is 0 Å².